The number of rotatable bonds is 1. The van der Waals surface area contributed by atoms with Gasteiger partial charge in [-0.2, -0.15) is 0 Å². The lowest BCUT2D eigenvalue weighted by atomic mass is 9.69. The van der Waals surface area contributed by atoms with Crippen LogP contribution in [0.15, 0.2) is 23.8 Å². The molecule has 0 heterocycles. The lowest BCUT2D eigenvalue weighted by molar-refractivity contribution is 0.255. The first kappa shape index (κ1) is 17.9. The molecule has 0 heteroatoms. The Morgan fingerprint density at radius 1 is 1.19 bits per heavy atom. The van der Waals surface area contributed by atoms with Crippen LogP contribution in [-0.4, -0.2) is 0 Å². The first-order valence-corrected chi connectivity index (χ1v) is 6.87. The molecule has 0 aromatic heterocycles. The van der Waals surface area contributed by atoms with E-state index in [-0.39, 0.29) is 0 Å². The van der Waals surface area contributed by atoms with Crippen LogP contribution in [0.3, 0.4) is 0 Å². The third-order valence-electron chi connectivity index (χ3n) is 2.97. The van der Waals surface area contributed by atoms with Gasteiger partial charge in [0, 0.05) is 5.92 Å². The average molecular weight is 224 g/mol. The quantitative estimate of drug-likeness (QED) is 0.479. The van der Waals surface area contributed by atoms with Crippen molar-refractivity contribution in [3.8, 4) is 0 Å². The Balaban J connectivity index is 0. The fourth-order valence-corrected chi connectivity index (χ4v) is 2.18. The van der Waals surface area contributed by atoms with E-state index in [1.807, 2.05) is 27.7 Å². The average Bonchev–Trinajstić information content (AvgIpc) is 2.29. The summed E-state index contributed by atoms with van der Waals surface area (Å²) in [6.45, 7) is 17.1. The molecule has 0 aromatic rings. The van der Waals surface area contributed by atoms with Crippen LogP contribution in [0.5, 0.6) is 0 Å². The van der Waals surface area contributed by atoms with Gasteiger partial charge in [0.05, 0.1) is 0 Å². The summed E-state index contributed by atoms with van der Waals surface area (Å²) < 4.78 is 0. The van der Waals surface area contributed by atoms with Gasteiger partial charge < -0.3 is 0 Å². The topological polar surface area (TPSA) is 0 Å². The van der Waals surface area contributed by atoms with Gasteiger partial charge in [-0.25, -0.2) is 0 Å². The van der Waals surface area contributed by atoms with Gasteiger partial charge >= 0.3 is 0 Å². The van der Waals surface area contributed by atoms with Crippen molar-refractivity contribution in [2.45, 2.75) is 68.2 Å². The van der Waals surface area contributed by atoms with Crippen LogP contribution in [-0.2, 0) is 0 Å². The van der Waals surface area contributed by atoms with E-state index < -0.39 is 0 Å². The van der Waals surface area contributed by atoms with E-state index in [0.717, 1.165) is 0 Å². The van der Waals surface area contributed by atoms with Gasteiger partial charge in [-0.1, -0.05) is 65.3 Å². The van der Waals surface area contributed by atoms with Gasteiger partial charge in [0.1, 0.15) is 0 Å². The molecular weight excluding hydrogens is 192 g/mol. The molecule has 0 spiro atoms. The van der Waals surface area contributed by atoms with Crippen LogP contribution in [0.1, 0.15) is 68.2 Å². The first-order chi connectivity index (χ1) is 7.58. The predicted octanol–water partition coefficient (Wildman–Crippen LogP) is 6.00. The molecule has 1 aliphatic carbocycles. The maximum atomic E-state index is 2.38. The summed E-state index contributed by atoms with van der Waals surface area (Å²) in [6, 6.07) is 0. The van der Waals surface area contributed by atoms with Gasteiger partial charge in [0.15, 0.2) is 0 Å². The molecule has 0 N–H and O–H groups in total. The molecule has 0 radical (unpaired) electrons. The summed E-state index contributed by atoms with van der Waals surface area (Å²) in [5.74, 6) is 0.663. The highest BCUT2D eigenvalue weighted by Gasteiger charge is 2.30. The summed E-state index contributed by atoms with van der Waals surface area (Å²) in [6.07, 6.45) is 9.47. The van der Waals surface area contributed by atoms with Crippen molar-refractivity contribution in [2.24, 2.45) is 11.3 Å². The van der Waals surface area contributed by atoms with Crippen LogP contribution in [0.25, 0.3) is 0 Å². The second-order valence-electron chi connectivity index (χ2n) is 4.48. The highest BCUT2D eigenvalue weighted by molar-refractivity contribution is 5.18. The lowest BCUT2D eigenvalue weighted by Crippen LogP contribution is -2.26. The van der Waals surface area contributed by atoms with E-state index in [1.165, 1.54) is 12.8 Å². The zero-order chi connectivity index (χ0) is 13.2. The second kappa shape index (κ2) is 9.69. The summed E-state index contributed by atoms with van der Waals surface area (Å²) in [5, 5.41) is 0. The SMILES string of the molecule is C/C=C/C1C(C)=CCCC1(C)C.CC.CC. The number of hydrogen-bond donors (Lipinski definition) is 0. The molecule has 0 aliphatic heterocycles. The molecule has 1 atom stereocenters. The molecule has 0 saturated carbocycles. The Morgan fingerprint density at radius 3 is 2.06 bits per heavy atom. The highest BCUT2D eigenvalue weighted by atomic mass is 14.3. The predicted molar refractivity (Wildman–Crippen MR) is 77.8 cm³/mol. The molecule has 0 amide bonds. The van der Waals surface area contributed by atoms with Crippen molar-refractivity contribution in [3.63, 3.8) is 0 Å². The van der Waals surface area contributed by atoms with Gasteiger partial charge in [0.25, 0.3) is 0 Å². The van der Waals surface area contributed by atoms with Crippen molar-refractivity contribution < 1.29 is 0 Å². The van der Waals surface area contributed by atoms with Gasteiger partial charge in [-0.3, -0.25) is 0 Å². The summed E-state index contributed by atoms with van der Waals surface area (Å²) in [4.78, 5) is 0. The summed E-state index contributed by atoms with van der Waals surface area (Å²) in [7, 11) is 0. The van der Waals surface area contributed by atoms with E-state index in [9.17, 15) is 0 Å². The molecule has 16 heavy (non-hydrogen) atoms. The van der Waals surface area contributed by atoms with Crippen LogP contribution in [0.4, 0.5) is 0 Å². The molecule has 0 bridgehead atoms. The molecule has 0 aromatic carbocycles. The van der Waals surface area contributed by atoms with E-state index in [1.54, 1.807) is 5.57 Å². The van der Waals surface area contributed by atoms with E-state index >= 15 is 0 Å². The monoisotopic (exact) mass is 224 g/mol. The standard InChI is InChI=1S/C12H20.2C2H6/c1-5-7-11-10(2)8-6-9-12(11,3)4;2*1-2/h5,7-8,11H,6,9H2,1-4H3;2*1-2H3/b7-5+;;. The Kier molecular flexibility index (Phi) is 10.8. The van der Waals surface area contributed by atoms with E-state index in [4.69, 9.17) is 0 Å². The Morgan fingerprint density at radius 2 is 1.69 bits per heavy atom. The van der Waals surface area contributed by atoms with Gasteiger partial charge in [-0.15, -0.1) is 0 Å². The molecule has 96 valence electrons. The minimum Gasteiger partial charge on any atom is -0.0910 e. The van der Waals surface area contributed by atoms with Gasteiger partial charge in [0.2, 0.25) is 0 Å². The van der Waals surface area contributed by atoms with E-state index in [2.05, 4.69) is 45.9 Å². The fraction of sp³-hybridized carbons (Fsp3) is 0.750. The molecule has 0 fully saturated rings. The molecule has 1 rings (SSSR count). The Hall–Kier alpha value is -0.520. The van der Waals surface area contributed by atoms with Crippen molar-refractivity contribution in [3.05, 3.63) is 23.8 Å². The molecular formula is C16H32. The fourth-order valence-electron chi connectivity index (χ4n) is 2.18. The van der Waals surface area contributed by atoms with Crippen LogP contribution in [0.2, 0.25) is 0 Å². The lowest BCUT2D eigenvalue weighted by Gasteiger charge is -2.36. The minimum atomic E-state index is 0.464. The van der Waals surface area contributed by atoms with Crippen molar-refractivity contribution in [1.29, 1.82) is 0 Å². The van der Waals surface area contributed by atoms with Crippen LogP contribution < -0.4 is 0 Å². The maximum absolute atomic E-state index is 2.38. The maximum Gasteiger partial charge on any atom is 0.00252 e. The third-order valence-corrected chi connectivity index (χ3v) is 2.97. The van der Waals surface area contributed by atoms with Crippen LogP contribution >= 0.6 is 0 Å². The minimum absolute atomic E-state index is 0.464. The largest absolute Gasteiger partial charge is 0.0910 e. The van der Waals surface area contributed by atoms with Crippen LogP contribution in [0, 0.1) is 11.3 Å². The number of hydrogen-bond acceptors (Lipinski definition) is 0. The molecule has 1 unspecified atom stereocenters. The van der Waals surface area contributed by atoms with Gasteiger partial charge in [-0.05, 0) is 32.1 Å². The molecule has 0 nitrogen and oxygen atoms in total. The number of allylic oxidation sites excluding steroid dienone is 4. The van der Waals surface area contributed by atoms with Crippen molar-refractivity contribution in [2.75, 3.05) is 0 Å². The zero-order valence-corrected chi connectivity index (χ0v) is 12.7. The van der Waals surface area contributed by atoms with Crippen molar-refractivity contribution in [1.82, 2.24) is 0 Å². The molecule has 0 saturated heterocycles. The Bertz CT molecular complexity index is 206. The zero-order valence-electron chi connectivity index (χ0n) is 12.7. The summed E-state index contributed by atoms with van der Waals surface area (Å²) >= 11 is 0. The van der Waals surface area contributed by atoms with E-state index in [0.29, 0.717) is 11.3 Å². The third kappa shape index (κ3) is 5.53. The highest BCUT2D eigenvalue weighted by Crippen LogP contribution is 2.41. The first-order valence-electron chi connectivity index (χ1n) is 6.87. The second-order valence-corrected chi connectivity index (χ2v) is 4.48. The molecule has 1 aliphatic rings. The smallest absolute Gasteiger partial charge is 0.00252 e. The van der Waals surface area contributed by atoms with Crippen molar-refractivity contribution >= 4 is 0 Å². The normalized spacial score (nSPS) is 22.5. The Labute approximate surface area is 104 Å². The summed E-state index contributed by atoms with van der Waals surface area (Å²) in [5.41, 5.74) is 2.01.